The molecule has 2 nitrogen and oxygen atoms in total. The van der Waals surface area contributed by atoms with Gasteiger partial charge in [-0.25, -0.2) is 0 Å². The number of nitrogens with one attached hydrogen (secondary N) is 1. The van der Waals surface area contributed by atoms with Crippen LogP contribution in [0.5, 0.6) is 0 Å². The molecule has 0 spiro atoms. The minimum atomic E-state index is 0.451. The van der Waals surface area contributed by atoms with Crippen molar-refractivity contribution >= 4 is 29.4 Å². The van der Waals surface area contributed by atoms with Crippen molar-refractivity contribution < 1.29 is 0 Å². The summed E-state index contributed by atoms with van der Waals surface area (Å²) in [6, 6.07) is 0. The molecule has 0 amide bonds. The smallest absolute Gasteiger partial charge is 0.110 e. The van der Waals surface area contributed by atoms with Gasteiger partial charge < -0.3 is 4.90 Å². The van der Waals surface area contributed by atoms with Gasteiger partial charge in [0.25, 0.3) is 0 Å². The van der Waals surface area contributed by atoms with E-state index in [4.69, 9.17) is 5.41 Å². The molecule has 2 heterocycles. The van der Waals surface area contributed by atoms with Crippen LogP contribution in [-0.4, -0.2) is 45.8 Å². The van der Waals surface area contributed by atoms with Gasteiger partial charge >= 0.3 is 0 Å². The van der Waals surface area contributed by atoms with Gasteiger partial charge in [0, 0.05) is 29.8 Å². The average molecular weight is 230 g/mol. The van der Waals surface area contributed by atoms with Crippen LogP contribution in [0.25, 0.3) is 0 Å². The molecule has 0 aromatic carbocycles. The highest BCUT2D eigenvalue weighted by molar-refractivity contribution is 8.07. The Morgan fingerprint density at radius 3 is 2.50 bits per heavy atom. The summed E-state index contributed by atoms with van der Waals surface area (Å²) in [6.07, 6.45) is 2.56. The van der Waals surface area contributed by atoms with Crippen LogP contribution < -0.4 is 0 Å². The van der Waals surface area contributed by atoms with Crippen LogP contribution >= 0.6 is 23.5 Å². The van der Waals surface area contributed by atoms with Crippen molar-refractivity contribution in [2.45, 2.75) is 30.3 Å². The maximum Gasteiger partial charge on any atom is 0.110 e. The van der Waals surface area contributed by atoms with Crippen LogP contribution in [0.4, 0.5) is 0 Å². The highest BCUT2D eigenvalue weighted by atomic mass is 32.2. The SMILES string of the molecule is CC1SCCSC1C(=N)N1CCCC1. The highest BCUT2D eigenvalue weighted by Crippen LogP contribution is 2.32. The number of likely N-dealkylation sites (tertiary alicyclic amines) is 1. The number of nitrogens with zero attached hydrogens (tertiary/aromatic N) is 1. The standard InChI is InChI=1S/C10H18N2S2/c1-8-9(14-7-6-13-8)10(11)12-4-2-3-5-12/h8-9,11H,2-7H2,1H3. The molecule has 1 N–H and O–H groups in total. The number of thioether (sulfide) groups is 2. The lowest BCUT2D eigenvalue weighted by atomic mass is 10.3. The first-order valence-corrected chi connectivity index (χ1v) is 7.45. The number of hydrogen-bond donors (Lipinski definition) is 1. The second-order valence-electron chi connectivity index (χ2n) is 3.95. The number of rotatable bonds is 1. The maximum absolute atomic E-state index is 8.20. The number of hydrogen-bond acceptors (Lipinski definition) is 3. The van der Waals surface area contributed by atoms with E-state index in [-0.39, 0.29) is 0 Å². The van der Waals surface area contributed by atoms with Gasteiger partial charge in [0.2, 0.25) is 0 Å². The van der Waals surface area contributed by atoms with Gasteiger partial charge in [-0.3, -0.25) is 5.41 Å². The first-order valence-electron chi connectivity index (χ1n) is 5.35. The zero-order chi connectivity index (χ0) is 9.97. The summed E-state index contributed by atoms with van der Waals surface area (Å²) in [5.74, 6) is 3.37. The molecule has 2 saturated heterocycles. The van der Waals surface area contributed by atoms with E-state index in [1.54, 1.807) is 0 Å². The third kappa shape index (κ3) is 2.22. The Hall–Kier alpha value is 0.170. The Morgan fingerprint density at radius 1 is 1.21 bits per heavy atom. The van der Waals surface area contributed by atoms with Crippen molar-refractivity contribution in [2.75, 3.05) is 24.6 Å². The summed E-state index contributed by atoms with van der Waals surface area (Å²) in [4.78, 5) is 2.28. The Kier molecular flexibility index (Phi) is 3.66. The van der Waals surface area contributed by atoms with E-state index >= 15 is 0 Å². The van der Waals surface area contributed by atoms with E-state index in [2.05, 4.69) is 11.8 Å². The van der Waals surface area contributed by atoms with E-state index in [9.17, 15) is 0 Å². The molecule has 0 aliphatic carbocycles. The van der Waals surface area contributed by atoms with Crippen molar-refractivity contribution in [1.82, 2.24) is 4.90 Å². The lowest BCUT2D eigenvalue weighted by Gasteiger charge is -2.32. The lowest BCUT2D eigenvalue weighted by Crippen LogP contribution is -2.41. The summed E-state index contributed by atoms with van der Waals surface area (Å²) < 4.78 is 0. The van der Waals surface area contributed by atoms with Gasteiger partial charge in [-0.05, 0) is 12.8 Å². The van der Waals surface area contributed by atoms with E-state index < -0.39 is 0 Å². The van der Waals surface area contributed by atoms with Gasteiger partial charge in [0.05, 0.1) is 5.25 Å². The molecule has 2 unspecified atom stereocenters. The van der Waals surface area contributed by atoms with Gasteiger partial charge in [0.15, 0.2) is 0 Å². The van der Waals surface area contributed by atoms with Gasteiger partial charge in [-0.15, -0.1) is 11.8 Å². The zero-order valence-corrected chi connectivity index (χ0v) is 10.3. The summed E-state index contributed by atoms with van der Waals surface area (Å²) in [7, 11) is 0. The van der Waals surface area contributed by atoms with Crippen LogP contribution in [0.2, 0.25) is 0 Å². The van der Waals surface area contributed by atoms with Crippen molar-refractivity contribution in [2.24, 2.45) is 0 Å². The van der Waals surface area contributed by atoms with E-state index in [0.717, 1.165) is 18.9 Å². The van der Waals surface area contributed by atoms with Crippen molar-refractivity contribution in [3.8, 4) is 0 Å². The Bertz CT molecular complexity index is 214. The van der Waals surface area contributed by atoms with Crippen molar-refractivity contribution in [1.29, 1.82) is 5.41 Å². The van der Waals surface area contributed by atoms with Crippen LogP contribution in [0.15, 0.2) is 0 Å². The summed E-state index contributed by atoms with van der Waals surface area (Å²) >= 11 is 4.00. The van der Waals surface area contributed by atoms with Gasteiger partial charge in [-0.1, -0.05) is 6.92 Å². The van der Waals surface area contributed by atoms with Crippen LogP contribution in [0, 0.1) is 5.41 Å². The van der Waals surface area contributed by atoms with Crippen LogP contribution in [0.3, 0.4) is 0 Å². The Morgan fingerprint density at radius 2 is 1.86 bits per heavy atom. The van der Waals surface area contributed by atoms with Crippen molar-refractivity contribution in [3.05, 3.63) is 0 Å². The second kappa shape index (κ2) is 4.79. The van der Waals surface area contributed by atoms with Crippen molar-refractivity contribution in [3.63, 3.8) is 0 Å². The Balaban J connectivity index is 1.94. The molecule has 0 aromatic rings. The molecule has 0 radical (unpaired) electrons. The summed E-state index contributed by atoms with van der Waals surface area (Å²) in [5, 5.41) is 9.28. The molecule has 2 fully saturated rings. The highest BCUT2D eigenvalue weighted by Gasteiger charge is 2.30. The largest absolute Gasteiger partial charge is 0.360 e. The molecular weight excluding hydrogens is 212 g/mol. The summed E-state index contributed by atoms with van der Waals surface area (Å²) in [6.45, 7) is 4.51. The normalized spacial score (nSPS) is 33.4. The fraction of sp³-hybridized carbons (Fsp3) is 0.900. The molecule has 14 heavy (non-hydrogen) atoms. The van der Waals surface area contributed by atoms with Crippen LogP contribution in [-0.2, 0) is 0 Å². The minimum Gasteiger partial charge on any atom is -0.360 e. The number of amidine groups is 1. The molecule has 2 aliphatic rings. The Labute approximate surface area is 94.7 Å². The first-order chi connectivity index (χ1) is 6.79. The molecule has 0 aromatic heterocycles. The molecule has 2 atom stereocenters. The third-order valence-corrected chi connectivity index (χ3v) is 6.00. The first kappa shape index (κ1) is 10.7. The fourth-order valence-corrected chi connectivity index (χ4v) is 4.82. The third-order valence-electron chi connectivity index (χ3n) is 2.90. The van der Waals surface area contributed by atoms with E-state index in [0.29, 0.717) is 10.5 Å². The lowest BCUT2D eigenvalue weighted by molar-refractivity contribution is 0.503. The maximum atomic E-state index is 8.20. The average Bonchev–Trinajstić information content (AvgIpc) is 2.70. The molecule has 4 heteroatoms. The molecule has 2 rings (SSSR count). The molecule has 80 valence electrons. The van der Waals surface area contributed by atoms with E-state index in [1.807, 2.05) is 23.5 Å². The molecular formula is C10H18N2S2. The van der Waals surface area contributed by atoms with Crippen LogP contribution in [0.1, 0.15) is 19.8 Å². The molecule has 2 aliphatic heterocycles. The second-order valence-corrected chi connectivity index (χ2v) is 6.68. The topological polar surface area (TPSA) is 27.1 Å². The minimum absolute atomic E-state index is 0.451. The molecule has 0 bridgehead atoms. The zero-order valence-electron chi connectivity index (χ0n) is 8.66. The quantitative estimate of drug-likeness (QED) is 0.553. The predicted octanol–water partition coefficient (Wildman–Crippen LogP) is 2.30. The van der Waals surface area contributed by atoms with Gasteiger partial charge in [-0.2, -0.15) is 11.8 Å². The van der Waals surface area contributed by atoms with E-state index in [1.165, 1.54) is 24.3 Å². The predicted molar refractivity (Wildman–Crippen MR) is 66.7 cm³/mol. The monoisotopic (exact) mass is 230 g/mol. The fourth-order valence-electron chi connectivity index (χ4n) is 2.07. The molecule has 0 saturated carbocycles. The summed E-state index contributed by atoms with van der Waals surface area (Å²) in [5.41, 5.74) is 0. The van der Waals surface area contributed by atoms with Gasteiger partial charge in [0.1, 0.15) is 5.84 Å².